The van der Waals surface area contributed by atoms with E-state index in [4.69, 9.17) is 5.73 Å². The van der Waals surface area contributed by atoms with Crippen molar-refractivity contribution in [3.8, 4) is 0 Å². The van der Waals surface area contributed by atoms with Crippen LogP contribution in [0.25, 0.3) is 0 Å². The van der Waals surface area contributed by atoms with E-state index in [0.717, 1.165) is 10.0 Å². The average molecular weight is 349 g/mol. The first-order valence-electron chi connectivity index (χ1n) is 6.37. The summed E-state index contributed by atoms with van der Waals surface area (Å²) >= 11 is 3.36. The molecule has 0 bridgehead atoms. The zero-order valence-electron chi connectivity index (χ0n) is 10.8. The standard InChI is InChI=1S/C14H16BrF3N2/c15-12-3-1-10(2-4-12)13(9-19)20-7-5-11(6-8-20)14(16,17)18/h1-5,13H,6-9,19H2. The molecule has 0 saturated carbocycles. The second-order valence-corrected chi connectivity index (χ2v) is 5.69. The number of halogens is 4. The molecule has 0 saturated heterocycles. The van der Waals surface area contributed by atoms with Gasteiger partial charge in [0.25, 0.3) is 0 Å². The fraction of sp³-hybridized carbons (Fsp3) is 0.429. The minimum Gasteiger partial charge on any atom is -0.329 e. The van der Waals surface area contributed by atoms with Crippen LogP contribution in [0.2, 0.25) is 0 Å². The maximum atomic E-state index is 12.6. The molecule has 110 valence electrons. The summed E-state index contributed by atoms with van der Waals surface area (Å²) in [5.74, 6) is 0. The monoisotopic (exact) mass is 348 g/mol. The number of rotatable bonds is 3. The van der Waals surface area contributed by atoms with Crippen molar-refractivity contribution in [1.29, 1.82) is 0 Å². The zero-order valence-corrected chi connectivity index (χ0v) is 12.4. The van der Waals surface area contributed by atoms with Gasteiger partial charge in [0.15, 0.2) is 0 Å². The molecule has 1 atom stereocenters. The van der Waals surface area contributed by atoms with E-state index in [9.17, 15) is 13.2 Å². The van der Waals surface area contributed by atoms with E-state index in [1.807, 2.05) is 29.2 Å². The molecule has 1 aliphatic heterocycles. The normalized spacial score (nSPS) is 18.8. The molecule has 0 aliphatic carbocycles. The van der Waals surface area contributed by atoms with Gasteiger partial charge in [-0.05, 0) is 24.1 Å². The highest BCUT2D eigenvalue weighted by Gasteiger charge is 2.35. The molecule has 0 aromatic heterocycles. The molecule has 0 amide bonds. The molecule has 20 heavy (non-hydrogen) atoms. The van der Waals surface area contributed by atoms with Gasteiger partial charge in [-0.3, -0.25) is 4.90 Å². The van der Waals surface area contributed by atoms with Crippen molar-refractivity contribution in [2.24, 2.45) is 5.73 Å². The van der Waals surface area contributed by atoms with Crippen molar-refractivity contribution in [1.82, 2.24) is 4.90 Å². The molecule has 2 nitrogen and oxygen atoms in total. The van der Waals surface area contributed by atoms with Crippen LogP contribution in [0.3, 0.4) is 0 Å². The van der Waals surface area contributed by atoms with Gasteiger partial charge in [0.1, 0.15) is 0 Å². The SMILES string of the molecule is NCC(c1ccc(Br)cc1)N1CC=C(C(F)(F)F)CC1. The van der Waals surface area contributed by atoms with Crippen LogP contribution in [0, 0.1) is 0 Å². The lowest BCUT2D eigenvalue weighted by atomic mass is 10.0. The summed E-state index contributed by atoms with van der Waals surface area (Å²) in [6.45, 7) is 1.05. The van der Waals surface area contributed by atoms with Crippen LogP contribution in [0.5, 0.6) is 0 Å². The van der Waals surface area contributed by atoms with Gasteiger partial charge in [-0.1, -0.05) is 34.1 Å². The summed E-state index contributed by atoms with van der Waals surface area (Å²) in [6, 6.07) is 7.68. The van der Waals surface area contributed by atoms with Crippen LogP contribution in [-0.4, -0.2) is 30.7 Å². The molecule has 0 fully saturated rings. The van der Waals surface area contributed by atoms with E-state index in [2.05, 4.69) is 15.9 Å². The Kier molecular flexibility index (Phi) is 4.88. The summed E-state index contributed by atoms with van der Waals surface area (Å²) in [4.78, 5) is 1.98. The Bertz CT molecular complexity index is 482. The highest BCUT2D eigenvalue weighted by atomic mass is 79.9. The second-order valence-electron chi connectivity index (χ2n) is 4.78. The van der Waals surface area contributed by atoms with Gasteiger partial charge in [0.05, 0.1) is 0 Å². The fourth-order valence-corrected chi connectivity index (χ4v) is 2.67. The Morgan fingerprint density at radius 3 is 2.35 bits per heavy atom. The third kappa shape index (κ3) is 3.62. The number of hydrogen-bond donors (Lipinski definition) is 1. The number of nitrogens with two attached hydrogens (primary N) is 1. The molecular weight excluding hydrogens is 333 g/mol. The van der Waals surface area contributed by atoms with Gasteiger partial charge < -0.3 is 5.73 Å². The molecular formula is C14H16BrF3N2. The van der Waals surface area contributed by atoms with Crippen molar-refractivity contribution in [2.45, 2.75) is 18.6 Å². The molecule has 1 aromatic carbocycles. The van der Waals surface area contributed by atoms with Crippen LogP contribution in [0.1, 0.15) is 18.0 Å². The summed E-state index contributed by atoms with van der Waals surface area (Å²) < 4.78 is 38.8. The van der Waals surface area contributed by atoms with Crippen molar-refractivity contribution < 1.29 is 13.2 Å². The van der Waals surface area contributed by atoms with E-state index >= 15 is 0 Å². The van der Waals surface area contributed by atoms with E-state index < -0.39 is 11.7 Å². The lowest BCUT2D eigenvalue weighted by molar-refractivity contribution is -0.0964. The minimum atomic E-state index is -4.21. The highest BCUT2D eigenvalue weighted by molar-refractivity contribution is 9.10. The topological polar surface area (TPSA) is 29.3 Å². The van der Waals surface area contributed by atoms with Crippen LogP contribution >= 0.6 is 15.9 Å². The van der Waals surface area contributed by atoms with Gasteiger partial charge in [-0.2, -0.15) is 13.2 Å². The molecule has 1 heterocycles. The van der Waals surface area contributed by atoms with Gasteiger partial charge in [-0.15, -0.1) is 0 Å². The van der Waals surface area contributed by atoms with E-state index in [-0.39, 0.29) is 19.0 Å². The van der Waals surface area contributed by atoms with Gasteiger partial charge in [0.2, 0.25) is 0 Å². The molecule has 0 radical (unpaired) electrons. The van der Waals surface area contributed by atoms with Crippen molar-refractivity contribution in [2.75, 3.05) is 19.6 Å². The molecule has 2 rings (SSSR count). The third-order valence-corrected chi connectivity index (χ3v) is 4.05. The van der Waals surface area contributed by atoms with Crippen LogP contribution in [-0.2, 0) is 0 Å². The number of alkyl halides is 3. The van der Waals surface area contributed by atoms with Gasteiger partial charge in [0, 0.05) is 35.7 Å². The van der Waals surface area contributed by atoms with E-state index in [1.165, 1.54) is 6.08 Å². The third-order valence-electron chi connectivity index (χ3n) is 3.52. The first kappa shape index (κ1) is 15.5. The Morgan fingerprint density at radius 2 is 1.90 bits per heavy atom. The van der Waals surface area contributed by atoms with Crippen molar-refractivity contribution in [3.63, 3.8) is 0 Å². The molecule has 0 spiro atoms. The Balaban J connectivity index is 2.11. The van der Waals surface area contributed by atoms with E-state index in [0.29, 0.717) is 13.1 Å². The predicted octanol–water partition coefficient (Wildman–Crippen LogP) is 3.64. The maximum absolute atomic E-state index is 12.6. The van der Waals surface area contributed by atoms with Crippen LogP contribution in [0.4, 0.5) is 13.2 Å². The Morgan fingerprint density at radius 1 is 1.25 bits per heavy atom. The fourth-order valence-electron chi connectivity index (χ4n) is 2.41. The Hall–Kier alpha value is -0.850. The van der Waals surface area contributed by atoms with Gasteiger partial charge >= 0.3 is 6.18 Å². The summed E-state index contributed by atoms with van der Waals surface area (Å²) in [5.41, 5.74) is 6.39. The minimum absolute atomic E-state index is 0.0243. The molecule has 2 N–H and O–H groups in total. The molecule has 1 unspecified atom stereocenters. The molecule has 6 heteroatoms. The first-order valence-corrected chi connectivity index (χ1v) is 7.17. The number of hydrogen-bond acceptors (Lipinski definition) is 2. The molecule has 1 aromatic rings. The highest BCUT2D eigenvalue weighted by Crippen LogP contribution is 2.32. The number of nitrogens with zero attached hydrogens (tertiary/aromatic N) is 1. The lowest BCUT2D eigenvalue weighted by Crippen LogP contribution is -2.38. The average Bonchev–Trinajstić information content (AvgIpc) is 2.41. The maximum Gasteiger partial charge on any atom is 0.412 e. The smallest absolute Gasteiger partial charge is 0.329 e. The molecule has 1 aliphatic rings. The van der Waals surface area contributed by atoms with Gasteiger partial charge in [-0.25, -0.2) is 0 Å². The number of benzene rings is 1. The summed E-state index contributed by atoms with van der Waals surface area (Å²) in [7, 11) is 0. The second kappa shape index (κ2) is 6.28. The van der Waals surface area contributed by atoms with Crippen molar-refractivity contribution in [3.05, 3.63) is 46.0 Å². The summed E-state index contributed by atoms with van der Waals surface area (Å²) in [6.07, 6.45) is -2.91. The van der Waals surface area contributed by atoms with E-state index in [1.54, 1.807) is 0 Å². The first-order chi connectivity index (χ1) is 9.41. The van der Waals surface area contributed by atoms with Crippen molar-refractivity contribution >= 4 is 15.9 Å². The predicted molar refractivity (Wildman–Crippen MR) is 76.3 cm³/mol. The summed E-state index contributed by atoms with van der Waals surface area (Å²) in [5, 5.41) is 0. The Labute approximate surface area is 124 Å². The quantitative estimate of drug-likeness (QED) is 0.845. The zero-order chi connectivity index (χ0) is 14.8. The lowest BCUT2D eigenvalue weighted by Gasteiger charge is -2.34. The van der Waals surface area contributed by atoms with Crippen LogP contribution in [0.15, 0.2) is 40.4 Å². The van der Waals surface area contributed by atoms with Crippen LogP contribution < -0.4 is 5.73 Å². The largest absolute Gasteiger partial charge is 0.412 e.